The van der Waals surface area contributed by atoms with Crippen molar-refractivity contribution in [2.45, 2.75) is 33.2 Å². The van der Waals surface area contributed by atoms with Crippen LogP contribution in [0.3, 0.4) is 0 Å². The van der Waals surface area contributed by atoms with E-state index in [4.69, 9.17) is 11.6 Å². The summed E-state index contributed by atoms with van der Waals surface area (Å²) in [5.41, 5.74) is 1.29. The van der Waals surface area contributed by atoms with Gasteiger partial charge in [-0.1, -0.05) is 31.5 Å². The lowest BCUT2D eigenvalue weighted by atomic mass is 10.2. The zero-order valence-corrected chi connectivity index (χ0v) is 13.1. The number of sulfonamides is 1. The molecular weight excluding hydrogens is 284 g/mol. The third-order valence-corrected chi connectivity index (χ3v) is 4.44. The largest absolute Gasteiger partial charge is 0.314 e. The highest BCUT2D eigenvalue weighted by Gasteiger charge is 2.12. The molecule has 2 N–H and O–H groups in total. The van der Waals surface area contributed by atoms with Gasteiger partial charge in [0.2, 0.25) is 10.0 Å². The van der Waals surface area contributed by atoms with Gasteiger partial charge >= 0.3 is 0 Å². The Hall–Kier alpha value is -0.780. The molecule has 0 fully saturated rings. The van der Waals surface area contributed by atoms with E-state index in [1.165, 1.54) is 0 Å². The molecule has 0 aliphatic carbocycles. The number of nitrogens with one attached hydrogen (secondary N) is 2. The highest BCUT2D eigenvalue weighted by atomic mass is 35.5. The smallest absolute Gasteiger partial charge is 0.232 e. The minimum Gasteiger partial charge on any atom is -0.314 e. The van der Waals surface area contributed by atoms with Gasteiger partial charge in [-0.15, -0.1) is 0 Å². The summed E-state index contributed by atoms with van der Waals surface area (Å²) in [6.07, 6.45) is 0.577. The second-order valence-electron chi connectivity index (χ2n) is 4.80. The Morgan fingerprint density at radius 1 is 1.32 bits per heavy atom. The summed E-state index contributed by atoms with van der Waals surface area (Å²) >= 11 is 5.96. The molecule has 0 atom stereocenters. The Balaban J connectivity index is 2.57. The lowest BCUT2D eigenvalue weighted by Gasteiger charge is -2.12. The van der Waals surface area contributed by atoms with E-state index in [9.17, 15) is 8.42 Å². The van der Waals surface area contributed by atoms with Crippen LogP contribution in [-0.2, 0) is 10.0 Å². The lowest BCUT2D eigenvalue weighted by molar-refractivity contribution is 0.571. The molecule has 1 aromatic carbocycles. The molecule has 0 amide bonds. The van der Waals surface area contributed by atoms with Gasteiger partial charge in [0.15, 0.2) is 0 Å². The average molecular weight is 305 g/mol. The fourth-order valence-electron chi connectivity index (χ4n) is 1.59. The first-order chi connectivity index (χ1) is 8.82. The van der Waals surface area contributed by atoms with Crippen molar-refractivity contribution >= 4 is 27.3 Å². The van der Waals surface area contributed by atoms with E-state index in [1.807, 2.05) is 13.8 Å². The van der Waals surface area contributed by atoms with Crippen LogP contribution in [-0.4, -0.2) is 26.8 Å². The summed E-state index contributed by atoms with van der Waals surface area (Å²) in [4.78, 5) is 0. The number of hydrogen-bond donors (Lipinski definition) is 2. The highest BCUT2D eigenvalue weighted by Crippen LogP contribution is 2.23. The minimum absolute atomic E-state index is 0.0959. The Kier molecular flexibility index (Phi) is 6.10. The molecule has 0 bridgehead atoms. The first-order valence-electron chi connectivity index (χ1n) is 6.31. The van der Waals surface area contributed by atoms with Gasteiger partial charge in [0.25, 0.3) is 0 Å². The van der Waals surface area contributed by atoms with Crippen LogP contribution in [0.25, 0.3) is 0 Å². The molecule has 0 saturated heterocycles. The van der Waals surface area contributed by atoms with Gasteiger partial charge < -0.3 is 5.32 Å². The Morgan fingerprint density at radius 2 is 2.00 bits per heavy atom. The molecule has 6 heteroatoms. The molecule has 1 aromatic rings. The van der Waals surface area contributed by atoms with Crippen molar-refractivity contribution in [2.75, 3.05) is 17.0 Å². The van der Waals surface area contributed by atoms with Crippen LogP contribution in [0.2, 0.25) is 5.02 Å². The van der Waals surface area contributed by atoms with Gasteiger partial charge in [0, 0.05) is 11.1 Å². The van der Waals surface area contributed by atoms with E-state index in [-0.39, 0.29) is 5.75 Å². The van der Waals surface area contributed by atoms with E-state index < -0.39 is 10.0 Å². The second kappa shape index (κ2) is 7.12. The number of anilines is 1. The maximum atomic E-state index is 11.9. The molecule has 1 rings (SSSR count). The Labute approximate surface area is 120 Å². The third kappa shape index (κ3) is 5.80. The van der Waals surface area contributed by atoms with Gasteiger partial charge in [-0.2, -0.15) is 0 Å². The van der Waals surface area contributed by atoms with Gasteiger partial charge in [-0.3, -0.25) is 4.72 Å². The SMILES string of the molecule is Cc1c(Cl)cccc1NS(=O)(=O)CCCNC(C)C. The van der Waals surface area contributed by atoms with Crippen molar-refractivity contribution in [1.82, 2.24) is 5.32 Å². The molecule has 0 aliphatic heterocycles. The van der Waals surface area contributed by atoms with E-state index in [1.54, 1.807) is 25.1 Å². The van der Waals surface area contributed by atoms with Crippen LogP contribution < -0.4 is 10.0 Å². The maximum absolute atomic E-state index is 11.9. The lowest BCUT2D eigenvalue weighted by Crippen LogP contribution is -2.26. The number of hydrogen-bond acceptors (Lipinski definition) is 3. The summed E-state index contributed by atoms with van der Waals surface area (Å²) in [5.74, 6) is 0.0959. The van der Waals surface area contributed by atoms with Crippen LogP contribution in [0, 0.1) is 6.92 Å². The zero-order chi connectivity index (χ0) is 14.5. The molecule has 0 unspecified atom stereocenters. The molecule has 0 radical (unpaired) electrons. The first-order valence-corrected chi connectivity index (χ1v) is 8.34. The predicted octanol–water partition coefficient (Wildman–Crippen LogP) is 2.78. The maximum Gasteiger partial charge on any atom is 0.232 e. The van der Waals surface area contributed by atoms with Gasteiger partial charge in [0.05, 0.1) is 11.4 Å². The molecular formula is C13H21ClN2O2S. The topological polar surface area (TPSA) is 58.2 Å². The van der Waals surface area contributed by atoms with Crippen molar-refractivity contribution in [3.8, 4) is 0 Å². The first kappa shape index (κ1) is 16.3. The van der Waals surface area contributed by atoms with Crippen molar-refractivity contribution < 1.29 is 8.42 Å². The minimum atomic E-state index is -3.32. The van der Waals surface area contributed by atoms with E-state index >= 15 is 0 Å². The normalized spacial score (nSPS) is 11.8. The second-order valence-corrected chi connectivity index (χ2v) is 7.04. The molecule has 0 saturated carbocycles. The predicted molar refractivity (Wildman–Crippen MR) is 81.4 cm³/mol. The fourth-order valence-corrected chi connectivity index (χ4v) is 2.95. The molecule has 0 spiro atoms. The molecule has 0 aliphatic rings. The summed E-state index contributed by atoms with van der Waals surface area (Å²) in [6, 6.07) is 5.55. The molecule has 4 nitrogen and oxygen atoms in total. The van der Waals surface area contributed by atoms with Crippen LogP contribution in [0.4, 0.5) is 5.69 Å². The third-order valence-electron chi connectivity index (χ3n) is 2.68. The standard InChI is InChI=1S/C13H21ClN2O2S/c1-10(2)15-8-5-9-19(17,18)16-13-7-4-6-12(14)11(13)3/h4,6-7,10,15-16H,5,8-9H2,1-3H3. The monoisotopic (exact) mass is 304 g/mol. The van der Waals surface area contributed by atoms with Gasteiger partial charge in [-0.05, 0) is 37.6 Å². The zero-order valence-electron chi connectivity index (χ0n) is 11.5. The highest BCUT2D eigenvalue weighted by molar-refractivity contribution is 7.92. The Bertz CT molecular complexity index is 515. The van der Waals surface area contributed by atoms with E-state index in [0.29, 0.717) is 29.7 Å². The molecule has 19 heavy (non-hydrogen) atoms. The van der Waals surface area contributed by atoms with Crippen LogP contribution in [0.15, 0.2) is 18.2 Å². The van der Waals surface area contributed by atoms with Crippen molar-refractivity contribution in [3.63, 3.8) is 0 Å². The summed E-state index contributed by atoms with van der Waals surface area (Å²) < 4.78 is 26.4. The van der Waals surface area contributed by atoms with Gasteiger partial charge in [0.1, 0.15) is 0 Å². The Morgan fingerprint density at radius 3 is 2.63 bits per heavy atom. The van der Waals surface area contributed by atoms with Crippen LogP contribution >= 0.6 is 11.6 Å². The van der Waals surface area contributed by atoms with Crippen molar-refractivity contribution in [3.05, 3.63) is 28.8 Å². The summed E-state index contributed by atoms with van der Waals surface area (Å²) in [6.45, 7) is 6.54. The van der Waals surface area contributed by atoms with E-state index in [2.05, 4.69) is 10.0 Å². The van der Waals surface area contributed by atoms with Gasteiger partial charge in [-0.25, -0.2) is 8.42 Å². The summed E-state index contributed by atoms with van der Waals surface area (Å²) in [7, 11) is -3.32. The summed E-state index contributed by atoms with van der Waals surface area (Å²) in [5, 5.41) is 3.75. The molecule has 0 aromatic heterocycles. The number of benzene rings is 1. The van der Waals surface area contributed by atoms with Crippen molar-refractivity contribution in [2.24, 2.45) is 0 Å². The van der Waals surface area contributed by atoms with Crippen LogP contribution in [0.1, 0.15) is 25.8 Å². The quantitative estimate of drug-likeness (QED) is 0.762. The number of halogens is 1. The van der Waals surface area contributed by atoms with Crippen molar-refractivity contribution in [1.29, 1.82) is 0 Å². The van der Waals surface area contributed by atoms with E-state index in [0.717, 1.165) is 5.56 Å². The molecule has 108 valence electrons. The molecule has 0 heterocycles. The van der Waals surface area contributed by atoms with Crippen LogP contribution in [0.5, 0.6) is 0 Å². The number of rotatable bonds is 7. The average Bonchev–Trinajstić information content (AvgIpc) is 2.30. The fraction of sp³-hybridized carbons (Fsp3) is 0.538.